The zero-order valence-corrected chi connectivity index (χ0v) is 9.26. The summed E-state index contributed by atoms with van der Waals surface area (Å²) in [6.07, 6.45) is 0. The van der Waals surface area contributed by atoms with Crippen LogP contribution in [0.5, 0.6) is 0 Å². The number of nitrogens with zero attached hydrogens (tertiary/aromatic N) is 2. The fourth-order valence-corrected chi connectivity index (χ4v) is 1.83. The highest BCUT2D eigenvalue weighted by molar-refractivity contribution is 5.69. The number of hydrogen-bond donors (Lipinski definition) is 2. The van der Waals surface area contributed by atoms with E-state index in [0.717, 1.165) is 23.7 Å². The Hall–Kier alpha value is -1.19. The molecule has 1 aromatic heterocycles. The maximum Gasteiger partial charge on any atom is 0.148 e. The first-order chi connectivity index (χ1) is 6.59. The fourth-order valence-electron chi connectivity index (χ4n) is 1.83. The van der Waals surface area contributed by atoms with Gasteiger partial charge in [-0.3, -0.25) is 4.68 Å². The molecule has 1 aliphatic heterocycles. The summed E-state index contributed by atoms with van der Waals surface area (Å²) in [6.45, 7) is 7.50. The first kappa shape index (κ1) is 9.37. The zero-order valence-electron chi connectivity index (χ0n) is 9.26. The van der Waals surface area contributed by atoms with Crippen LogP contribution in [0.25, 0.3) is 0 Å². The molecule has 4 heteroatoms. The molecule has 0 aromatic carbocycles. The maximum atomic E-state index is 4.39. The molecule has 0 aliphatic carbocycles. The third-order valence-corrected chi connectivity index (χ3v) is 3.04. The predicted molar refractivity (Wildman–Crippen MR) is 58.7 cm³/mol. The minimum absolute atomic E-state index is 0.485. The molecule has 0 spiro atoms. The van der Waals surface area contributed by atoms with Gasteiger partial charge in [0.25, 0.3) is 0 Å². The lowest BCUT2D eigenvalue weighted by atomic mass is 10.1. The Labute approximate surface area is 84.7 Å². The van der Waals surface area contributed by atoms with Crippen molar-refractivity contribution in [2.45, 2.75) is 26.8 Å². The van der Waals surface area contributed by atoms with Gasteiger partial charge in [-0.25, -0.2) is 0 Å². The molecule has 4 nitrogen and oxygen atoms in total. The Balaban J connectivity index is 2.39. The van der Waals surface area contributed by atoms with Gasteiger partial charge in [0.2, 0.25) is 0 Å². The molecule has 78 valence electrons. The van der Waals surface area contributed by atoms with Crippen LogP contribution in [0.1, 0.15) is 19.5 Å². The molecule has 2 heterocycles. The summed E-state index contributed by atoms with van der Waals surface area (Å²) < 4.78 is 1.91. The first-order valence-corrected chi connectivity index (χ1v) is 5.13. The summed E-state index contributed by atoms with van der Waals surface area (Å²) in [5.74, 6) is 1.74. The monoisotopic (exact) mass is 194 g/mol. The molecular weight excluding hydrogens is 176 g/mol. The number of aromatic nitrogens is 2. The maximum absolute atomic E-state index is 4.39. The number of fused-ring (bicyclic) bond motifs is 1. The Bertz CT molecular complexity index is 342. The smallest absolute Gasteiger partial charge is 0.148 e. The van der Waals surface area contributed by atoms with Crippen molar-refractivity contribution in [3.05, 3.63) is 5.69 Å². The van der Waals surface area contributed by atoms with E-state index in [4.69, 9.17) is 0 Å². The van der Waals surface area contributed by atoms with Crippen LogP contribution in [-0.4, -0.2) is 22.4 Å². The summed E-state index contributed by atoms with van der Waals surface area (Å²) in [4.78, 5) is 0. The van der Waals surface area contributed by atoms with E-state index in [1.165, 1.54) is 0 Å². The highest BCUT2D eigenvalue weighted by Crippen LogP contribution is 2.29. The van der Waals surface area contributed by atoms with E-state index in [0.29, 0.717) is 12.0 Å². The lowest BCUT2D eigenvalue weighted by Gasteiger charge is -2.18. The molecule has 1 aliphatic rings. The molecule has 0 bridgehead atoms. The Kier molecular flexibility index (Phi) is 2.13. The summed E-state index contributed by atoms with van der Waals surface area (Å²) in [5, 5.41) is 11.3. The molecule has 1 aromatic rings. The van der Waals surface area contributed by atoms with Crippen LogP contribution in [-0.2, 0) is 7.05 Å². The minimum atomic E-state index is 0.485. The molecule has 2 rings (SSSR count). The van der Waals surface area contributed by atoms with Gasteiger partial charge >= 0.3 is 0 Å². The van der Waals surface area contributed by atoms with Gasteiger partial charge in [0.15, 0.2) is 0 Å². The molecule has 0 saturated heterocycles. The fraction of sp³-hybridized carbons (Fsp3) is 0.700. The molecular formula is C10H18N4. The van der Waals surface area contributed by atoms with Crippen LogP contribution >= 0.6 is 0 Å². The second-order valence-corrected chi connectivity index (χ2v) is 4.22. The lowest BCUT2D eigenvalue weighted by Crippen LogP contribution is -2.26. The van der Waals surface area contributed by atoms with E-state index in [-0.39, 0.29) is 0 Å². The van der Waals surface area contributed by atoms with E-state index in [1.54, 1.807) is 0 Å². The van der Waals surface area contributed by atoms with E-state index in [2.05, 4.69) is 29.6 Å². The zero-order chi connectivity index (χ0) is 10.3. The van der Waals surface area contributed by atoms with Gasteiger partial charge in [-0.15, -0.1) is 0 Å². The quantitative estimate of drug-likeness (QED) is 0.659. The van der Waals surface area contributed by atoms with Gasteiger partial charge in [-0.1, -0.05) is 6.92 Å². The van der Waals surface area contributed by atoms with Crippen molar-refractivity contribution >= 4 is 11.5 Å². The number of rotatable bonds is 0. The van der Waals surface area contributed by atoms with Gasteiger partial charge < -0.3 is 10.6 Å². The topological polar surface area (TPSA) is 41.9 Å². The third kappa shape index (κ3) is 1.35. The Morgan fingerprint density at radius 3 is 2.86 bits per heavy atom. The molecule has 2 unspecified atom stereocenters. The molecule has 14 heavy (non-hydrogen) atoms. The van der Waals surface area contributed by atoms with Crippen LogP contribution < -0.4 is 10.6 Å². The van der Waals surface area contributed by atoms with E-state index in [1.807, 2.05) is 18.7 Å². The second kappa shape index (κ2) is 3.19. The van der Waals surface area contributed by atoms with Crippen LogP contribution in [0.15, 0.2) is 0 Å². The van der Waals surface area contributed by atoms with Crippen molar-refractivity contribution in [2.75, 3.05) is 17.2 Å². The largest absolute Gasteiger partial charge is 0.380 e. The van der Waals surface area contributed by atoms with Crippen LogP contribution in [0.3, 0.4) is 0 Å². The minimum Gasteiger partial charge on any atom is -0.380 e. The van der Waals surface area contributed by atoms with E-state index in [9.17, 15) is 0 Å². The van der Waals surface area contributed by atoms with Gasteiger partial charge in [0, 0.05) is 19.6 Å². The van der Waals surface area contributed by atoms with Crippen molar-refractivity contribution < 1.29 is 0 Å². The van der Waals surface area contributed by atoms with E-state index >= 15 is 0 Å². The van der Waals surface area contributed by atoms with Crippen molar-refractivity contribution in [1.29, 1.82) is 0 Å². The number of anilines is 2. The van der Waals surface area contributed by atoms with Crippen LogP contribution in [0.4, 0.5) is 11.5 Å². The standard InChI is InChI=1S/C10H18N4/c1-6-5-11-9-8(3)13-14(4)10(9)12-7(6)2/h6-7,11-12H,5H2,1-4H3. The first-order valence-electron chi connectivity index (χ1n) is 5.13. The lowest BCUT2D eigenvalue weighted by molar-refractivity contribution is 0.537. The molecule has 2 atom stereocenters. The number of nitrogens with one attached hydrogen (secondary N) is 2. The van der Waals surface area contributed by atoms with Gasteiger partial charge in [-0.2, -0.15) is 5.10 Å². The summed E-state index contributed by atoms with van der Waals surface area (Å²) in [6, 6.07) is 0.485. The van der Waals surface area contributed by atoms with Crippen molar-refractivity contribution in [3.63, 3.8) is 0 Å². The van der Waals surface area contributed by atoms with Gasteiger partial charge in [0.1, 0.15) is 11.5 Å². The SMILES string of the molecule is Cc1nn(C)c2c1NCC(C)C(C)N2. The van der Waals surface area contributed by atoms with Gasteiger partial charge in [-0.05, 0) is 19.8 Å². The number of aryl methyl sites for hydroxylation is 2. The summed E-state index contributed by atoms with van der Waals surface area (Å²) >= 11 is 0. The molecule has 0 radical (unpaired) electrons. The molecule has 2 N–H and O–H groups in total. The van der Waals surface area contributed by atoms with Crippen LogP contribution in [0.2, 0.25) is 0 Å². The van der Waals surface area contributed by atoms with Crippen molar-refractivity contribution in [1.82, 2.24) is 9.78 Å². The highest BCUT2D eigenvalue weighted by Gasteiger charge is 2.22. The Morgan fingerprint density at radius 2 is 2.14 bits per heavy atom. The average molecular weight is 194 g/mol. The normalized spacial score (nSPS) is 26.0. The van der Waals surface area contributed by atoms with Crippen LogP contribution in [0, 0.1) is 12.8 Å². The molecule has 0 amide bonds. The molecule has 0 fully saturated rings. The second-order valence-electron chi connectivity index (χ2n) is 4.22. The third-order valence-electron chi connectivity index (χ3n) is 3.04. The van der Waals surface area contributed by atoms with Gasteiger partial charge in [0.05, 0.1) is 5.69 Å². The summed E-state index contributed by atoms with van der Waals surface area (Å²) in [7, 11) is 1.98. The summed E-state index contributed by atoms with van der Waals surface area (Å²) in [5.41, 5.74) is 2.22. The van der Waals surface area contributed by atoms with E-state index < -0.39 is 0 Å². The number of hydrogen-bond acceptors (Lipinski definition) is 3. The van der Waals surface area contributed by atoms with Crippen molar-refractivity contribution in [2.24, 2.45) is 13.0 Å². The Morgan fingerprint density at radius 1 is 1.43 bits per heavy atom. The highest BCUT2D eigenvalue weighted by atomic mass is 15.3. The van der Waals surface area contributed by atoms with Crippen molar-refractivity contribution in [3.8, 4) is 0 Å². The predicted octanol–water partition coefficient (Wildman–Crippen LogP) is 1.59. The average Bonchev–Trinajstić information content (AvgIpc) is 2.31. The molecule has 0 saturated carbocycles.